The van der Waals surface area contributed by atoms with Crippen LogP contribution in [0.2, 0.25) is 0 Å². The molecule has 8 heteroatoms. The average Bonchev–Trinajstić information content (AvgIpc) is 2.99. The summed E-state index contributed by atoms with van der Waals surface area (Å²) in [6, 6.07) is 3.70. The van der Waals surface area contributed by atoms with Crippen LogP contribution in [0.15, 0.2) is 18.2 Å². The Bertz CT molecular complexity index is 784. The normalized spacial score (nSPS) is 18.5. The summed E-state index contributed by atoms with van der Waals surface area (Å²) in [7, 11) is 0. The molecule has 1 amide bonds. The van der Waals surface area contributed by atoms with E-state index in [4.69, 9.17) is 0 Å². The van der Waals surface area contributed by atoms with E-state index >= 15 is 0 Å². The van der Waals surface area contributed by atoms with E-state index in [2.05, 4.69) is 4.98 Å². The van der Waals surface area contributed by atoms with E-state index in [-0.39, 0.29) is 29.8 Å². The van der Waals surface area contributed by atoms with Gasteiger partial charge in [0.05, 0.1) is 17.7 Å². The minimum absolute atomic E-state index is 0.00654. The molecule has 136 valence electrons. The van der Waals surface area contributed by atoms with E-state index in [1.54, 1.807) is 4.90 Å². The third-order valence-corrected chi connectivity index (χ3v) is 4.45. The van der Waals surface area contributed by atoms with E-state index in [1.807, 2.05) is 6.92 Å². The molecular weight excluding hydrogens is 338 g/mol. The maximum absolute atomic E-state index is 13.4. The number of benzene rings is 1. The molecule has 0 saturated carbocycles. The van der Waals surface area contributed by atoms with Crippen molar-refractivity contribution >= 4 is 16.9 Å². The van der Waals surface area contributed by atoms with E-state index < -0.39 is 18.4 Å². The minimum atomic E-state index is -4.43. The molecule has 4 nitrogen and oxygen atoms in total. The highest BCUT2D eigenvalue weighted by Crippen LogP contribution is 2.27. The fraction of sp³-hybridized carbons (Fsp3) is 0.529. The van der Waals surface area contributed by atoms with Gasteiger partial charge < -0.3 is 9.47 Å². The van der Waals surface area contributed by atoms with Crippen LogP contribution in [-0.4, -0.2) is 33.1 Å². The van der Waals surface area contributed by atoms with Crippen LogP contribution in [0.25, 0.3) is 11.0 Å². The fourth-order valence-corrected chi connectivity index (χ4v) is 3.39. The van der Waals surface area contributed by atoms with Crippen molar-refractivity contribution in [3.63, 3.8) is 0 Å². The van der Waals surface area contributed by atoms with Crippen molar-refractivity contribution in [2.24, 2.45) is 5.92 Å². The van der Waals surface area contributed by atoms with Crippen molar-refractivity contribution in [1.82, 2.24) is 14.5 Å². The predicted octanol–water partition coefficient (Wildman–Crippen LogP) is 3.89. The fourth-order valence-electron chi connectivity index (χ4n) is 3.39. The molecule has 0 N–H and O–H groups in total. The molecule has 2 heterocycles. The predicted molar refractivity (Wildman–Crippen MR) is 84.2 cm³/mol. The highest BCUT2D eigenvalue weighted by atomic mass is 19.4. The molecule has 0 spiro atoms. The van der Waals surface area contributed by atoms with Crippen molar-refractivity contribution in [1.29, 1.82) is 0 Å². The van der Waals surface area contributed by atoms with Gasteiger partial charge in [0, 0.05) is 19.0 Å². The molecule has 1 atom stereocenters. The number of hydrogen-bond acceptors (Lipinski definition) is 2. The number of halogens is 4. The number of alkyl halides is 3. The Morgan fingerprint density at radius 1 is 1.32 bits per heavy atom. The number of carbonyl (C=O) groups is 1. The van der Waals surface area contributed by atoms with Gasteiger partial charge in [0.15, 0.2) is 0 Å². The number of hydrogen-bond donors (Lipinski definition) is 0. The first-order valence-electron chi connectivity index (χ1n) is 8.26. The van der Waals surface area contributed by atoms with Crippen LogP contribution in [0.1, 0.15) is 32.0 Å². The molecule has 1 aliphatic rings. The Balaban J connectivity index is 1.93. The summed E-state index contributed by atoms with van der Waals surface area (Å²) in [6.07, 6.45) is -3.36. The average molecular weight is 357 g/mol. The zero-order valence-electron chi connectivity index (χ0n) is 13.8. The summed E-state index contributed by atoms with van der Waals surface area (Å²) < 4.78 is 53.4. The SMILES string of the molecule is CCCC1CC(=O)N(Cn2c(CC(F)(F)F)nc3cc(F)ccc32)C1. The van der Waals surface area contributed by atoms with Gasteiger partial charge in [-0.2, -0.15) is 13.2 Å². The Labute approximate surface area is 142 Å². The second-order valence-corrected chi connectivity index (χ2v) is 6.50. The summed E-state index contributed by atoms with van der Waals surface area (Å²) in [5, 5.41) is 0. The van der Waals surface area contributed by atoms with E-state index in [0.717, 1.165) is 18.9 Å². The Morgan fingerprint density at radius 3 is 2.76 bits per heavy atom. The number of rotatable bonds is 5. The van der Waals surface area contributed by atoms with Gasteiger partial charge in [-0.15, -0.1) is 0 Å². The Hall–Kier alpha value is -2.12. The summed E-state index contributed by atoms with van der Waals surface area (Å²) in [4.78, 5) is 17.7. The Kier molecular flexibility index (Phi) is 4.71. The zero-order chi connectivity index (χ0) is 18.2. The summed E-state index contributed by atoms with van der Waals surface area (Å²) in [5.74, 6) is -0.605. The molecule has 0 aliphatic carbocycles. The van der Waals surface area contributed by atoms with Gasteiger partial charge in [0.25, 0.3) is 0 Å². The second-order valence-electron chi connectivity index (χ2n) is 6.50. The molecular formula is C17H19F4N3O. The number of fused-ring (bicyclic) bond motifs is 1. The second kappa shape index (κ2) is 6.65. The number of likely N-dealkylation sites (tertiary alicyclic amines) is 1. The lowest BCUT2D eigenvalue weighted by Gasteiger charge is -2.20. The van der Waals surface area contributed by atoms with Crippen molar-refractivity contribution in [2.45, 2.75) is 45.5 Å². The van der Waals surface area contributed by atoms with Crippen LogP contribution in [0, 0.1) is 11.7 Å². The summed E-state index contributed by atoms with van der Waals surface area (Å²) >= 11 is 0. The van der Waals surface area contributed by atoms with Gasteiger partial charge in [-0.1, -0.05) is 13.3 Å². The van der Waals surface area contributed by atoms with Gasteiger partial charge >= 0.3 is 6.18 Å². The quantitative estimate of drug-likeness (QED) is 0.762. The molecule has 3 rings (SSSR count). The largest absolute Gasteiger partial charge is 0.396 e. The monoisotopic (exact) mass is 357 g/mol. The van der Waals surface area contributed by atoms with Crippen molar-refractivity contribution in [3.8, 4) is 0 Å². The lowest BCUT2D eigenvalue weighted by atomic mass is 10.0. The van der Waals surface area contributed by atoms with Crippen LogP contribution in [-0.2, 0) is 17.9 Å². The van der Waals surface area contributed by atoms with Crippen molar-refractivity contribution in [2.75, 3.05) is 6.54 Å². The number of amides is 1. The first-order valence-corrected chi connectivity index (χ1v) is 8.26. The van der Waals surface area contributed by atoms with Gasteiger partial charge in [-0.25, -0.2) is 9.37 Å². The smallest absolute Gasteiger partial charge is 0.324 e. The van der Waals surface area contributed by atoms with Crippen LogP contribution in [0.3, 0.4) is 0 Å². The third-order valence-electron chi connectivity index (χ3n) is 4.45. The molecule has 1 fully saturated rings. The Morgan fingerprint density at radius 2 is 2.08 bits per heavy atom. The minimum Gasteiger partial charge on any atom is -0.324 e. The number of nitrogens with zero attached hydrogens (tertiary/aromatic N) is 3. The van der Waals surface area contributed by atoms with E-state index in [1.165, 1.54) is 16.7 Å². The molecule has 2 aromatic rings. The zero-order valence-corrected chi connectivity index (χ0v) is 13.8. The highest BCUT2D eigenvalue weighted by Gasteiger charge is 2.33. The molecule has 0 bridgehead atoms. The summed E-state index contributed by atoms with van der Waals surface area (Å²) in [6.45, 7) is 2.57. The van der Waals surface area contributed by atoms with E-state index in [0.29, 0.717) is 18.5 Å². The lowest BCUT2D eigenvalue weighted by Crippen LogP contribution is -2.29. The first-order chi connectivity index (χ1) is 11.8. The van der Waals surface area contributed by atoms with Crippen molar-refractivity contribution in [3.05, 3.63) is 29.8 Å². The molecule has 0 radical (unpaired) electrons. The summed E-state index contributed by atoms with van der Waals surface area (Å²) in [5.41, 5.74) is 0.559. The number of carbonyl (C=O) groups excluding carboxylic acids is 1. The molecule has 1 aromatic heterocycles. The molecule has 1 aliphatic heterocycles. The molecule has 1 aromatic carbocycles. The van der Waals surface area contributed by atoms with E-state index in [9.17, 15) is 22.4 Å². The molecule has 1 saturated heterocycles. The topological polar surface area (TPSA) is 38.1 Å². The number of imidazole rings is 1. The van der Waals surface area contributed by atoms with Crippen LogP contribution in [0.4, 0.5) is 17.6 Å². The van der Waals surface area contributed by atoms with Gasteiger partial charge in [0.2, 0.25) is 5.91 Å². The molecule has 1 unspecified atom stereocenters. The van der Waals surface area contributed by atoms with Crippen molar-refractivity contribution < 1.29 is 22.4 Å². The van der Waals surface area contributed by atoms with Gasteiger partial charge in [-0.3, -0.25) is 4.79 Å². The standard InChI is InChI=1S/C17H19F4N3O/c1-2-3-11-6-16(25)23(9-11)10-24-14-5-4-12(18)7-13(14)22-15(24)8-17(19,20)21/h4-5,7,11H,2-3,6,8-10H2,1H3. The first kappa shape index (κ1) is 17.7. The molecule has 25 heavy (non-hydrogen) atoms. The maximum atomic E-state index is 13.4. The highest BCUT2D eigenvalue weighted by molar-refractivity contribution is 5.79. The van der Waals surface area contributed by atoms with Crippen LogP contribution < -0.4 is 0 Å². The van der Waals surface area contributed by atoms with Crippen LogP contribution in [0.5, 0.6) is 0 Å². The van der Waals surface area contributed by atoms with Crippen LogP contribution >= 0.6 is 0 Å². The maximum Gasteiger partial charge on any atom is 0.396 e. The number of aromatic nitrogens is 2. The van der Waals surface area contributed by atoms with Gasteiger partial charge in [0.1, 0.15) is 18.1 Å². The third kappa shape index (κ3) is 3.93. The van der Waals surface area contributed by atoms with Gasteiger partial charge in [-0.05, 0) is 24.5 Å². The lowest BCUT2D eigenvalue weighted by molar-refractivity contribution is -0.130.